The minimum atomic E-state index is -0.646. The molecule has 3 aliphatic heterocycles. The van der Waals surface area contributed by atoms with Gasteiger partial charge in [0.1, 0.15) is 17.4 Å². The fourth-order valence-corrected chi connectivity index (χ4v) is 10.2. The molecule has 0 radical (unpaired) electrons. The number of hydrogen-bond donors (Lipinski definition) is 0. The van der Waals surface area contributed by atoms with E-state index in [1.54, 1.807) is 11.0 Å². The van der Waals surface area contributed by atoms with Crippen LogP contribution < -0.4 is 19.4 Å². The largest absolute Gasteiger partial charge is 0.463 e. The summed E-state index contributed by atoms with van der Waals surface area (Å²) in [6.45, 7) is 20.8. The summed E-state index contributed by atoms with van der Waals surface area (Å²) in [6, 6.07) is 15.3. The van der Waals surface area contributed by atoms with Crippen LogP contribution >= 0.6 is 0 Å². The molecule has 12 heteroatoms. The summed E-state index contributed by atoms with van der Waals surface area (Å²) in [5, 5.41) is 1.69. The summed E-state index contributed by atoms with van der Waals surface area (Å²) in [7, 11) is 0. The molecule has 68 heavy (non-hydrogen) atoms. The van der Waals surface area contributed by atoms with Gasteiger partial charge < -0.3 is 29.1 Å². The number of nitrogens with zero attached hydrogens (tertiary/aromatic N) is 7. The van der Waals surface area contributed by atoms with Gasteiger partial charge in [0.2, 0.25) is 5.91 Å². The lowest BCUT2D eigenvalue weighted by Gasteiger charge is -2.37. The van der Waals surface area contributed by atoms with Gasteiger partial charge in [-0.2, -0.15) is 9.97 Å². The van der Waals surface area contributed by atoms with E-state index in [0.717, 1.165) is 130 Å². The summed E-state index contributed by atoms with van der Waals surface area (Å²) >= 11 is 0. The van der Waals surface area contributed by atoms with Gasteiger partial charge in [-0.05, 0) is 99.9 Å². The van der Waals surface area contributed by atoms with Crippen molar-refractivity contribution in [2.45, 2.75) is 138 Å². The van der Waals surface area contributed by atoms with Crippen molar-refractivity contribution in [2.75, 3.05) is 73.7 Å². The number of hydrogen-bond acceptors (Lipinski definition) is 10. The number of unbranched alkanes of at least 4 members (excludes halogenated alkanes) is 1. The molecule has 0 N–H and O–H groups in total. The maximum Gasteiger partial charge on any atom is 0.318 e. The maximum absolute atomic E-state index is 15.0. The van der Waals surface area contributed by atoms with E-state index < -0.39 is 6.04 Å². The Morgan fingerprint density at radius 2 is 1.60 bits per heavy atom. The van der Waals surface area contributed by atoms with Gasteiger partial charge in [-0.25, -0.2) is 4.39 Å². The van der Waals surface area contributed by atoms with Gasteiger partial charge in [0.25, 0.3) is 0 Å². The Morgan fingerprint density at radius 3 is 2.25 bits per heavy atom. The second-order valence-corrected chi connectivity index (χ2v) is 19.7. The molecule has 3 fully saturated rings. The molecule has 1 unspecified atom stereocenters. The van der Waals surface area contributed by atoms with Crippen LogP contribution in [-0.2, 0) is 33.9 Å². The molecular weight excluding hydrogens is 854 g/mol. The van der Waals surface area contributed by atoms with Gasteiger partial charge in [0, 0.05) is 106 Å². The first-order valence-electron chi connectivity index (χ1n) is 25.4. The standard InChI is InChI=1S/C52H64FN7O4.C4H10/c1-6-12-48(63)46(19-15-37(4)61)60(38(5)62)45-20-16-39(31-36(45)3)32-56-27-29-57(30-28-56)34-52(22-23-52)35-64-51-54-44-33-59(26-21-42(44)50(55-51)58-24-9-8-10-25-58)47-14-11-13-40-17-18-43(53)41(7-2)49(40)47;1-3-4-2/h2,11,13-14,16-18,20,31,46H,6,8-10,12,15,19,21-30,32-35H2,1,3-5H3;3-4H2,1-2H3. The molecule has 4 heterocycles. The van der Waals surface area contributed by atoms with Gasteiger partial charge in [0.05, 0.1) is 30.5 Å². The van der Waals surface area contributed by atoms with Gasteiger partial charge in [0.15, 0.2) is 5.78 Å². The van der Waals surface area contributed by atoms with Crippen molar-refractivity contribution in [1.29, 1.82) is 0 Å². The van der Waals surface area contributed by atoms with E-state index in [0.29, 0.717) is 44.0 Å². The number of piperidine rings is 1. The zero-order valence-corrected chi connectivity index (χ0v) is 41.7. The number of carbonyl (C=O) groups excluding carboxylic acids is 3. The van der Waals surface area contributed by atoms with Gasteiger partial charge in [-0.3, -0.25) is 14.5 Å². The highest BCUT2D eigenvalue weighted by atomic mass is 19.1. The second kappa shape index (κ2) is 23.3. The first kappa shape index (κ1) is 50.5. The molecular formula is C56H74FN7O4. The molecule has 11 nitrogen and oxygen atoms in total. The molecule has 1 saturated carbocycles. The smallest absolute Gasteiger partial charge is 0.318 e. The van der Waals surface area contributed by atoms with Crippen LogP contribution in [0.25, 0.3) is 10.8 Å². The van der Waals surface area contributed by atoms with Crippen molar-refractivity contribution in [1.82, 2.24) is 19.8 Å². The van der Waals surface area contributed by atoms with E-state index in [1.165, 1.54) is 50.3 Å². The Kier molecular flexibility index (Phi) is 17.3. The van der Waals surface area contributed by atoms with Crippen molar-refractivity contribution in [2.24, 2.45) is 5.41 Å². The number of ether oxygens (including phenoxy) is 1. The maximum atomic E-state index is 15.0. The number of fused-ring (bicyclic) bond motifs is 2. The summed E-state index contributed by atoms with van der Waals surface area (Å²) < 4.78 is 21.6. The Bertz CT molecular complexity index is 2450. The van der Waals surface area contributed by atoms with E-state index >= 15 is 0 Å². The van der Waals surface area contributed by atoms with Crippen molar-refractivity contribution in [3.05, 3.63) is 82.3 Å². The first-order valence-corrected chi connectivity index (χ1v) is 25.4. The molecule has 1 aromatic heterocycles. The van der Waals surface area contributed by atoms with E-state index in [1.807, 2.05) is 38.1 Å². The van der Waals surface area contributed by atoms with Crippen LogP contribution in [0.5, 0.6) is 6.01 Å². The zero-order chi connectivity index (χ0) is 48.4. The zero-order valence-electron chi connectivity index (χ0n) is 41.7. The number of ketones is 2. The minimum absolute atomic E-state index is 0.000677. The van der Waals surface area contributed by atoms with Crippen molar-refractivity contribution >= 4 is 45.4 Å². The fourth-order valence-electron chi connectivity index (χ4n) is 10.2. The molecule has 8 rings (SSSR count). The highest BCUT2D eigenvalue weighted by molar-refractivity contribution is 6.01. The molecule has 4 aliphatic rings. The van der Waals surface area contributed by atoms with E-state index in [4.69, 9.17) is 21.1 Å². The lowest BCUT2D eigenvalue weighted by Crippen LogP contribution is -2.48. The molecule has 3 aromatic carbocycles. The SMILES string of the molecule is C#Cc1c(F)ccc2cccc(N3CCc4c(nc(OCC5(CN6CCN(Cc7ccc(N(C(C)=O)C(CCC(C)=O)C(=O)CCC)c(C)c7)CC6)CC5)nc4N4CCCCC4)C3)c12.CCCC. The lowest BCUT2D eigenvalue weighted by atomic mass is 9.98. The van der Waals surface area contributed by atoms with Crippen LogP contribution in [0, 0.1) is 30.5 Å². The number of aryl methyl sites for hydroxylation is 1. The number of piperazine rings is 1. The molecule has 0 bridgehead atoms. The van der Waals surface area contributed by atoms with E-state index in [-0.39, 0.29) is 35.1 Å². The second-order valence-electron chi connectivity index (χ2n) is 19.7. The van der Waals surface area contributed by atoms with Crippen LogP contribution in [0.2, 0.25) is 0 Å². The average molecular weight is 928 g/mol. The van der Waals surface area contributed by atoms with Crippen LogP contribution in [0.15, 0.2) is 48.5 Å². The molecule has 1 atom stereocenters. The number of halogens is 1. The quantitative estimate of drug-likeness (QED) is 0.0897. The summed E-state index contributed by atoms with van der Waals surface area (Å²) in [4.78, 5) is 59.7. The molecule has 0 spiro atoms. The predicted octanol–water partition coefficient (Wildman–Crippen LogP) is 9.85. The van der Waals surface area contributed by atoms with Crippen LogP contribution in [0.3, 0.4) is 0 Å². The summed E-state index contributed by atoms with van der Waals surface area (Å²) in [6.07, 6.45) is 16.7. The fraction of sp³-hybridized carbons (Fsp3) is 0.554. The van der Waals surface area contributed by atoms with Gasteiger partial charge in [-0.15, -0.1) is 6.42 Å². The van der Waals surface area contributed by atoms with Crippen LogP contribution in [-0.4, -0.2) is 102 Å². The predicted molar refractivity (Wildman–Crippen MR) is 272 cm³/mol. The first-order chi connectivity index (χ1) is 32.9. The van der Waals surface area contributed by atoms with E-state index in [9.17, 15) is 18.8 Å². The number of rotatable bonds is 18. The average Bonchev–Trinajstić information content (AvgIpc) is 4.11. The Hall–Kier alpha value is -5.38. The van der Waals surface area contributed by atoms with Gasteiger partial charge in [-0.1, -0.05) is 69.9 Å². The number of aromatic nitrogens is 2. The third kappa shape index (κ3) is 12.3. The van der Waals surface area contributed by atoms with Crippen molar-refractivity contribution < 1.29 is 23.5 Å². The highest BCUT2D eigenvalue weighted by Gasteiger charge is 2.45. The van der Waals surface area contributed by atoms with Crippen LogP contribution in [0.1, 0.15) is 133 Å². The Labute approximate surface area is 404 Å². The summed E-state index contributed by atoms with van der Waals surface area (Å²) in [5.41, 5.74) is 6.30. The van der Waals surface area contributed by atoms with E-state index in [2.05, 4.69) is 51.5 Å². The minimum Gasteiger partial charge on any atom is -0.463 e. The molecule has 2 saturated heterocycles. The van der Waals surface area contributed by atoms with Crippen LogP contribution in [0.4, 0.5) is 21.6 Å². The number of benzene rings is 3. The molecule has 1 amide bonds. The number of anilines is 3. The Morgan fingerprint density at radius 1 is 0.868 bits per heavy atom. The number of carbonyl (C=O) groups is 3. The molecule has 1 aliphatic carbocycles. The highest BCUT2D eigenvalue weighted by Crippen LogP contribution is 2.47. The molecule has 364 valence electrons. The molecule has 4 aromatic rings. The number of terminal acetylenes is 1. The third-order valence-electron chi connectivity index (χ3n) is 14.3. The number of Topliss-reactive ketones (excluding diaryl/α,β-unsaturated/α-hetero) is 2. The topological polar surface area (TPSA) is 102 Å². The van der Waals surface area contributed by atoms with Crippen molar-refractivity contribution in [3.8, 4) is 18.4 Å². The third-order valence-corrected chi connectivity index (χ3v) is 14.3. The summed E-state index contributed by atoms with van der Waals surface area (Å²) in [5.74, 6) is 3.06. The normalized spacial score (nSPS) is 17.4. The van der Waals surface area contributed by atoms with Crippen molar-refractivity contribution in [3.63, 3.8) is 0 Å². The monoisotopic (exact) mass is 928 g/mol. The Balaban J connectivity index is 0.00000165. The number of amides is 1. The lowest BCUT2D eigenvalue weighted by molar-refractivity contribution is -0.125. The van der Waals surface area contributed by atoms with Gasteiger partial charge >= 0.3 is 6.01 Å².